The van der Waals surface area contributed by atoms with Crippen molar-refractivity contribution in [3.05, 3.63) is 27.8 Å². The number of nitro groups is 1. The van der Waals surface area contributed by atoms with Gasteiger partial charge in [0.2, 0.25) is 0 Å². The van der Waals surface area contributed by atoms with Crippen LogP contribution in [0.3, 0.4) is 0 Å². The normalized spacial score (nSPS) is 9.00. The van der Waals surface area contributed by atoms with Crippen molar-refractivity contribution in [2.24, 2.45) is 0 Å². The average Bonchev–Trinajstić information content (AvgIpc) is 2.29. The summed E-state index contributed by atoms with van der Waals surface area (Å²) < 4.78 is 0. The zero-order valence-electron chi connectivity index (χ0n) is 10.1. The van der Waals surface area contributed by atoms with Crippen LogP contribution in [0.2, 0.25) is 0 Å². The van der Waals surface area contributed by atoms with Gasteiger partial charge >= 0.3 is 59.1 Å². The summed E-state index contributed by atoms with van der Waals surface area (Å²) in [6.45, 7) is 0. The Morgan fingerprint density at radius 2 is 1.58 bits per heavy atom. The number of rotatable bonds is 1. The molecule has 0 N–H and O–H groups in total. The molecule has 0 saturated carbocycles. The van der Waals surface area contributed by atoms with Crippen molar-refractivity contribution in [3.8, 4) is 17.8 Å². The Hall–Kier alpha value is -0.950. The summed E-state index contributed by atoms with van der Waals surface area (Å²) in [5.41, 5.74) is -0.820. The summed E-state index contributed by atoms with van der Waals surface area (Å²) in [4.78, 5) is 16.6. The van der Waals surface area contributed by atoms with E-state index in [4.69, 9.17) is 5.26 Å². The second-order valence-electron chi connectivity index (χ2n) is 3.06. The summed E-state index contributed by atoms with van der Waals surface area (Å²) in [6, 6.07) is 3.62. The fraction of sp³-hybridized carbons (Fsp3) is 0. The van der Waals surface area contributed by atoms with Gasteiger partial charge in [0, 0.05) is 6.07 Å². The summed E-state index contributed by atoms with van der Waals surface area (Å²) in [5.74, 6) is -2.15. The molecule has 0 spiro atoms. The average molecular weight is 276 g/mol. The van der Waals surface area contributed by atoms with E-state index in [-0.39, 0.29) is 75.7 Å². The van der Waals surface area contributed by atoms with Gasteiger partial charge in [-0.25, -0.2) is 0 Å². The molecule has 10 heteroatoms. The van der Waals surface area contributed by atoms with Crippen LogP contribution in [0.15, 0.2) is 12.1 Å². The predicted molar refractivity (Wildman–Crippen MR) is 49.8 cm³/mol. The van der Waals surface area contributed by atoms with Crippen molar-refractivity contribution in [1.82, 2.24) is 9.97 Å². The SMILES string of the molecule is N#Cc1cc2nc([O-])c([O-])nc2cc1[N+](=O)[O-].[Na+].[Na+]. The first kappa shape index (κ1) is 18.0. The first-order valence-corrected chi connectivity index (χ1v) is 4.27. The number of nitrogens with zero attached hydrogens (tertiary/aromatic N) is 4. The first-order chi connectivity index (χ1) is 8.02. The molecule has 0 fully saturated rings. The summed E-state index contributed by atoms with van der Waals surface area (Å²) in [5, 5.41) is 41.2. The van der Waals surface area contributed by atoms with Gasteiger partial charge in [-0.05, 0) is 17.8 Å². The van der Waals surface area contributed by atoms with Gasteiger partial charge in [-0.3, -0.25) is 20.1 Å². The number of fused-ring (bicyclic) bond motifs is 1. The minimum Gasteiger partial charge on any atom is -0.858 e. The van der Waals surface area contributed by atoms with E-state index in [1.807, 2.05) is 0 Å². The van der Waals surface area contributed by atoms with Crippen LogP contribution in [0, 0.1) is 21.4 Å². The third-order valence-corrected chi connectivity index (χ3v) is 2.04. The Labute approximate surface area is 150 Å². The number of benzene rings is 1. The van der Waals surface area contributed by atoms with E-state index in [0.29, 0.717) is 0 Å². The van der Waals surface area contributed by atoms with Crippen LogP contribution < -0.4 is 69.3 Å². The minimum absolute atomic E-state index is 0. The Bertz CT molecular complexity index is 686. The molecule has 0 bridgehead atoms. The molecule has 19 heavy (non-hydrogen) atoms. The second kappa shape index (κ2) is 7.00. The second-order valence-corrected chi connectivity index (χ2v) is 3.06. The maximum absolute atomic E-state index is 10.9. The third kappa shape index (κ3) is 3.54. The van der Waals surface area contributed by atoms with E-state index in [1.54, 1.807) is 6.07 Å². The molecular weight excluding hydrogens is 274 g/mol. The van der Waals surface area contributed by atoms with Gasteiger partial charge in [0.1, 0.15) is 11.6 Å². The molecule has 2 aromatic rings. The maximum atomic E-state index is 10.9. The molecule has 0 amide bonds. The molecule has 1 aromatic heterocycles. The standard InChI is InChI=1S/C9H4N4O4.2Na/c10-3-4-1-5-6(2-7(4)13(16)17)12-9(15)8(14)11-5;;/h1-2H,(H,11,14)(H,12,15);;/q;2*+1/p-2. The molecular formula is C9H2N4Na2O4. The molecule has 0 radical (unpaired) electrons. The Morgan fingerprint density at radius 3 is 2.00 bits per heavy atom. The van der Waals surface area contributed by atoms with E-state index in [2.05, 4.69) is 9.97 Å². The Balaban J connectivity index is 0.00000162. The molecule has 8 nitrogen and oxygen atoms in total. The van der Waals surface area contributed by atoms with E-state index in [0.717, 1.165) is 12.1 Å². The minimum atomic E-state index is -1.09. The van der Waals surface area contributed by atoms with Crippen LogP contribution in [0.25, 0.3) is 11.0 Å². The summed E-state index contributed by atoms with van der Waals surface area (Å²) in [7, 11) is 0. The molecule has 84 valence electrons. The largest absolute Gasteiger partial charge is 1.00 e. The van der Waals surface area contributed by atoms with Gasteiger partial charge in [-0.2, -0.15) is 5.26 Å². The topological polar surface area (TPSA) is 139 Å². The Kier molecular flexibility index (Phi) is 6.65. The fourth-order valence-corrected chi connectivity index (χ4v) is 1.30. The van der Waals surface area contributed by atoms with Crippen molar-refractivity contribution < 1.29 is 74.3 Å². The molecule has 1 heterocycles. The molecule has 0 aliphatic carbocycles. The quantitative estimate of drug-likeness (QED) is 0.286. The van der Waals surface area contributed by atoms with Crippen LogP contribution in [0.5, 0.6) is 11.8 Å². The number of hydrogen-bond donors (Lipinski definition) is 0. The first-order valence-electron chi connectivity index (χ1n) is 4.27. The zero-order valence-corrected chi connectivity index (χ0v) is 14.1. The van der Waals surface area contributed by atoms with Gasteiger partial charge in [0.25, 0.3) is 5.69 Å². The molecule has 0 unspecified atom stereocenters. The molecule has 0 saturated heterocycles. The summed E-state index contributed by atoms with van der Waals surface area (Å²) >= 11 is 0. The van der Waals surface area contributed by atoms with E-state index in [9.17, 15) is 20.3 Å². The molecule has 0 aliphatic rings. The van der Waals surface area contributed by atoms with Crippen molar-refractivity contribution in [3.63, 3.8) is 0 Å². The van der Waals surface area contributed by atoms with Crippen molar-refractivity contribution in [2.45, 2.75) is 0 Å². The monoisotopic (exact) mass is 276 g/mol. The molecule has 0 aliphatic heterocycles. The van der Waals surface area contributed by atoms with E-state index >= 15 is 0 Å². The number of nitro benzene ring substituents is 1. The van der Waals surface area contributed by atoms with Gasteiger partial charge in [0.15, 0.2) is 0 Å². The third-order valence-electron chi connectivity index (χ3n) is 2.04. The maximum Gasteiger partial charge on any atom is 1.00 e. The van der Waals surface area contributed by atoms with Gasteiger partial charge in [0.05, 0.1) is 16.0 Å². The van der Waals surface area contributed by atoms with Gasteiger partial charge < -0.3 is 10.2 Å². The smallest absolute Gasteiger partial charge is 0.858 e. The van der Waals surface area contributed by atoms with Crippen LogP contribution in [-0.4, -0.2) is 14.9 Å². The summed E-state index contributed by atoms with van der Waals surface area (Å²) in [6.07, 6.45) is 0. The van der Waals surface area contributed by atoms with Crippen LogP contribution in [-0.2, 0) is 0 Å². The zero-order chi connectivity index (χ0) is 12.6. The van der Waals surface area contributed by atoms with E-state index < -0.39 is 22.4 Å². The number of hydrogen-bond acceptors (Lipinski definition) is 7. The van der Waals surface area contributed by atoms with E-state index in [1.165, 1.54) is 0 Å². The molecule has 2 rings (SSSR count). The van der Waals surface area contributed by atoms with Crippen LogP contribution in [0.4, 0.5) is 5.69 Å². The van der Waals surface area contributed by atoms with Gasteiger partial charge in [-0.15, -0.1) is 0 Å². The van der Waals surface area contributed by atoms with Crippen molar-refractivity contribution in [2.75, 3.05) is 0 Å². The molecule has 1 aromatic carbocycles. The van der Waals surface area contributed by atoms with Crippen molar-refractivity contribution >= 4 is 16.7 Å². The molecule has 0 atom stereocenters. The van der Waals surface area contributed by atoms with Crippen molar-refractivity contribution in [1.29, 1.82) is 5.26 Å². The fourth-order valence-electron chi connectivity index (χ4n) is 1.30. The van der Waals surface area contributed by atoms with Gasteiger partial charge in [-0.1, -0.05) is 0 Å². The van der Waals surface area contributed by atoms with Crippen LogP contribution >= 0.6 is 0 Å². The Morgan fingerprint density at radius 1 is 1.11 bits per heavy atom. The van der Waals surface area contributed by atoms with Crippen LogP contribution in [0.1, 0.15) is 5.56 Å². The number of aromatic nitrogens is 2. The predicted octanol–water partition coefficient (Wildman–Crippen LogP) is -6.44. The number of nitriles is 1.